The van der Waals surface area contributed by atoms with E-state index in [1.54, 1.807) is 6.07 Å². The average molecular weight is 309 g/mol. The van der Waals surface area contributed by atoms with E-state index in [1.807, 2.05) is 0 Å². The molecule has 0 saturated carbocycles. The summed E-state index contributed by atoms with van der Waals surface area (Å²) in [6, 6.07) is 4.37. The molecule has 0 aliphatic rings. The van der Waals surface area contributed by atoms with Crippen LogP contribution in [0.4, 0.5) is 4.39 Å². The second-order valence-electron chi connectivity index (χ2n) is 3.65. The molecule has 1 amide bonds. The zero-order chi connectivity index (χ0) is 12.3. The third-order valence-corrected chi connectivity index (χ3v) is 2.36. The first-order valence-corrected chi connectivity index (χ1v) is 5.30. The molecule has 1 aromatic carbocycles. The predicted octanol–water partition coefficient (Wildman–Crippen LogP) is 1.16. The summed E-state index contributed by atoms with van der Waals surface area (Å²) < 4.78 is 12.9. The molecule has 2 rings (SSSR count). The summed E-state index contributed by atoms with van der Waals surface area (Å²) in [5.74, 6) is 0.208. The van der Waals surface area contributed by atoms with Crippen molar-refractivity contribution in [2.24, 2.45) is 5.73 Å². The number of aromatic amines is 1. The van der Waals surface area contributed by atoms with Crippen LogP contribution in [0, 0.1) is 5.82 Å². The Morgan fingerprint density at radius 1 is 1.42 bits per heavy atom. The molecule has 0 bridgehead atoms. The number of H-pyrrole nitrogens is 1. The number of carbonyl (C=O) groups is 1. The molecule has 0 saturated heterocycles. The van der Waals surface area contributed by atoms with E-state index in [1.165, 1.54) is 12.1 Å². The minimum absolute atomic E-state index is 0. The zero-order valence-corrected chi connectivity index (χ0v) is 11.6. The maximum absolute atomic E-state index is 12.9. The summed E-state index contributed by atoms with van der Waals surface area (Å²) in [6.07, 6.45) is 0.558. The number of hydrogen-bond acceptors (Lipinski definition) is 3. The number of carbonyl (C=O) groups excluding carboxylic acids is 1. The van der Waals surface area contributed by atoms with Crippen LogP contribution in [-0.2, 0) is 11.2 Å². The summed E-state index contributed by atoms with van der Waals surface area (Å²) >= 11 is 0. The molecule has 1 heterocycles. The molecular formula is C11H15Cl2FN4O. The van der Waals surface area contributed by atoms with Crippen LogP contribution in [0.3, 0.4) is 0 Å². The van der Waals surface area contributed by atoms with Crippen LogP contribution >= 0.6 is 24.8 Å². The van der Waals surface area contributed by atoms with Crippen molar-refractivity contribution in [2.45, 2.75) is 6.42 Å². The lowest BCUT2D eigenvalue weighted by Gasteiger charge is -2.00. The molecule has 0 unspecified atom stereocenters. The first-order valence-electron chi connectivity index (χ1n) is 5.30. The summed E-state index contributed by atoms with van der Waals surface area (Å²) in [5, 5.41) is 2.64. The van der Waals surface area contributed by atoms with Crippen molar-refractivity contribution < 1.29 is 9.18 Å². The van der Waals surface area contributed by atoms with Gasteiger partial charge in [0.05, 0.1) is 17.6 Å². The SMILES string of the molecule is Cl.Cl.NCC(=O)NCCc1nc2ccc(F)cc2[nH]1. The fourth-order valence-electron chi connectivity index (χ4n) is 1.55. The predicted molar refractivity (Wildman–Crippen MR) is 76.3 cm³/mol. The van der Waals surface area contributed by atoms with Crippen molar-refractivity contribution in [3.63, 3.8) is 0 Å². The average Bonchev–Trinajstić information content (AvgIpc) is 2.70. The van der Waals surface area contributed by atoms with Gasteiger partial charge in [-0.15, -0.1) is 24.8 Å². The quantitative estimate of drug-likeness (QED) is 0.792. The van der Waals surface area contributed by atoms with E-state index in [0.717, 1.165) is 0 Å². The Bertz CT molecular complexity index is 546. The Morgan fingerprint density at radius 2 is 2.16 bits per heavy atom. The third kappa shape index (κ3) is 4.66. The Morgan fingerprint density at radius 3 is 2.84 bits per heavy atom. The first-order chi connectivity index (χ1) is 8.19. The molecule has 4 N–H and O–H groups in total. The van der Waals surface area contributed by atoms with Gasteiger partial charge < -0.3 is 16.0 Å². The Kier molecular flexibility index (Phi) is 7.36. The maximum Gasteiger partial charge on any atom is 0.233 e. The van der Waals surface area contributed by atoms with E-state index in [2.05, 4.69) is 15.3 Å². The van der Waals surface area contributed by atoms with Gasteiger partial charge in [-0.25, -0.2) is 9.37 Å². The lowest BCUT2D eigenvalue weighted by atomic mass is 10.3. The molecule has 8 heteroatoms. The number of halogens is 3. The Balaban J connectivity index is 0.00000162. The number of nitrogens with one attached hydrogen (secondary N) is 2. The molecule has 1 aromatic heterocycles. The van der Waals surface area contributed by atoms with Crippen LogP contribution in [0.1, 0.15) is 5.82 Å². The van der Waals surface area contributed by atoms with Gasteiger partial charge in [0.25, 0.3) is 0 Å². The monoisotopic (exact) mass is 308 g/mol. The highest BCUT2D eigenvalue weighted by Crippen LogP contribution is 2.12. The van der Waals surface area contributed by atoms with Gasteiger partial charge in [0.2, 0.25) is 5.91 Å². The second-order valence-corrected chi connectivity index (χ2v) is 3.65. The minimum Gasteiger partial charge on any atom is -0.355 e. The first kappa shape index (κ1) is 17.6. The number of rotatable bonds is 4. The van der Waals surface area contributed by atoms with Crippen molar-refractivity contribution in [3.05, 3.63) is 29.8 Å². The van der Waals surface area contributed by atoms with Crippen molar-refractivity contribution in [1.82, 2.24) is 15.3 Å². The number of aromatic nitrogens is 2. The Labute approximate surface area is 122 Å². The van der Waals surface area contributed by atoms with Gasteiger partial charge in [-0.2, -0.15) is 0 Å². The standard InChI is InChI=1S/C11H13FN4O.2ClH/c12-7-1-2-8-9(5-7)16-10(15-8)3-4-14-11(17)6-13;;/h1-2,5H,3-4,6,13H2,(H,14,17)(H,15,16);2*1H. The molecule has 2 aromatic rings. The number of fused-ring (bicyclic) bond motifs is 1. The lowest BCUT2D eigenvalue weighted by molar-refractivity contribution is -0.119. The Hall–Kier alpha value is -1.37. The summed E-state index contributed by atoms with van der Waals surface area (Å²) in [5.41, 5.74) is 6.52. The van der Waals surface area contributed by atoms with Gasteiger partial charge in [0.15, 0.2) is 0 Å². The van der Waals surface area contributed by atoms with Gasteiger partial charge in [0, 0.05) is 13.0 Å². The maximum atomic E-state index is 12.9. The smallest absolute Gasteiger partial charge is 0.233 e. The molecule has 0 spiro atoms. The minimum atomic E-state index is -0.302. The molecular weight excluding hydrogens is 294 g/mol. The highest BCUT2D eigenvalue weighted by molar-refractivity contribution is 5.85. The number of amides is 1. The van der Waals surface area contributed by atoms with Gasteiger partial charge in [-0.1, -0.05) is 0 Å². The van der Waals surface area contributed by atoms with Gasteiger partial charge in [-0.05, 0) is 18.2 Å². The summed E-state index contributed by atoms with van der Waals surface area (Å²) in [6.45, 7) is 0.434. The van der Waals surface area contributed by atoms with Crippen LogP contribution in [0.25, 0.3) is 11.0 Å². The topological polar surface area (TPSA) is 83.8 Å². The molecule has 0 aliphatic heterocycles. The van der Waals surface area contributed by atoms with E-state index in [0.29, 0.717) is 29.8 Å². The van der Waals surface area contributed by atoms with Crippen LogP contribution in [-0.4, -0.2) is 29.0 Å². The summed E-state index contributed by atoms with van der Waals surface area (Å²) in [4.78, 5) is 18.2. The van der Waals surface area contributed by atoms with E-state index < -0.39 is 0 Å². The summed E-state index contributed by atoms with van der Waals surface area (Å²) in [7, 11) is 0. The number of nitrogens with two attached hydrogens (primary N) is 1. The van der Waals surface area contributed by atoms with Crippen LogP contribution in [0.5, 0.6) is 0 Å². The van der Waals surface area contributed by atoms with Crippen LogP contribution in [0.2, 0.25) is 0 Å². The highest BCUT2D eigenvalue weighted by atomic mass is 35.5. The zero-order valence-electron chi connectivity index (χ0n) is 9.98. The van der Waals surface area contributed by atoms with Crippen LogP contribution < -0.4 is 11.1 Å². The van der Waals surface area contributed by atoms with Gasteiger partial charge in [0.1, 0.15) is 11.6 Å². The third-order valence-electron chi connectivity index (χ3n) is 2.36. The molecule has 0 radical (unpaired) electrons. The number of nitrogens with zero attached hydrogens (tertiary/aromatic N) is 1. The molecule has 19 heavy (non-hydrogen) atoms. The van der Waals surface area contributed by atoms with Gasteiger partial charge in [-0.3, -0.25) is 4.79 Å². The molecule has 0 atom stereocenters. The molecule has 0 fully saturated rings. The number of hydrogen-bond donors (Lipinski definition) is 3. The van der Waals surface area contributed by atoms with Crippen LogP contribution in [0.15, 0.2) is 18.2 Å². The molecule has 5 nitrogen and oxygen atoms in total. The lowest BCUT2D eigenvalue weighted by Crippen LogP contribution is -2.31. The normalized spacial score (nSPS) is 9.58. The second kappa shape index (κ2) is 7.93. The molecule has 106 valence electrons. The van der Waals surface area contributed by atoms with Crippen molar-refractivity contribution in [3.8, 4) is 0 Å². The van der Waals surface area contributed by atoms with Gasteiger partial charge >= 0.3 is 0 Å². The fraction of sp³-hybridized carbons (Fsp3) is 0.273. The largest absolute Gasteiger partial charge is 0.355 e. The van der Waals surface area contributed by atoms with Crippen molar-refractivity contribution in [2.75, 3.05) is 13.1 Å². The van der Waals surface area contributed by atoms with Crippen molar-refractivity contribution >= 4 is 41.8 Å². The van der Waals surface area contributed by atoms with E-state index in [4.69, 9.17) is 5.73 Å². The molecule has 0 aliphatic carbocycles. The number of imidazole rings is 1. The highest BCUT2D eigenvalue weighted by Gasteiger charge is 2.04. The van der Waals surface area contributed by atoms with E-state index in [-0.39, 0.29) is 43.1 Å². The van der Waals surface area contributed by atoms with E-state index in [9.17, 15) is 9.18 Å². The van der Waals surface area contributed by atoms with Crippen molar-refractivity contribution in [1.29, 1.82) is 0 Å². The van der Waals surface area contributed by atoms with E-state index >= 15 is 0 Å². The number of benzene rings is 1. The fourth-order valence-corrected chi connectivity index (χ4v) is 1.55.